The lowest BCUT2D eigenvalue weighted by molar-refractivity contribution is -0.137. The van der Waals surface area contributed by atoms with Gasteiger partial charge in [0.05, 0.1) is 24.4 Å². The molecule has 2 rings (SSSR count). The quantitative estimate of drug-likeness (QED) is 0.900. The Hall–Kier alpha value is -1.82. The topological polar surface area (TPSA) is 80.0 Å². The zero-order chi connectivity index (χ0) is 15.6. The van der Waals surface area contributed by atoms with E-state index in [-0.39, 0.29) is 30.4 Å². The van der Waals surface area contributed by atoms with Crippen molar-refractivity contribution in [2.75, 3.05) is 13.7 Å². The molecule has 6 heteroatoms. The molecule has 21 heavy (non-hydrogen) atoms. The predicted molar refractivity (Wildman–Crippen MR) is 75.3 cm³/mol. The fraction of sp³-hybridized carbons (Fsp3) is 0.600. The van der Waals surface area contributed by atoms with Gasteiger partial charge in [0, 0.05) is 25.6 Å². The average molecular weight is 295 g/mol. The molecule has 1 aliphatic heterocycles. The second-order valence-electron chi connectivity index (χ2n) is 5.66. The molecule has 1 aliphatic rings. The summed E-state index contributed by atoms with van der Waals surface area (Å²) in [4.78, 5) is 25.3. The summed E-state index contributed by atoms with van der Waals surface area (Å²) in [6.45, 7) is 4.31. The van der Waals surface area contributed by atoms with E-state index in [1.54, 1.807) is 18.1 Å². The van der Waals surface area contributed by atoms with Gasteiger partial charge in [-0.05, 0) is 12.5 Å². The van der Waals surface area contributed by atoms with Gasteiger partial charge in [-0.1, -0.05) is 13.8 Å². The van der Waals surface area contributed by atoms with Crippen LogP contribution in [0.3, 0.4) is 0 Å². The van der Waals surface area contributed by atoms with Gasteiger partial charge in [0.25, 0.3) is 5.91 Å². The zero-order valence-corrected chi connectivity index (χ0v) is 12.5. The predicted octanol–water partition coefficient (Wildman–Crippen LogP) is 2.11. The molecular weight excluding hydrogens is 274 g/mol. The molecule has 1 N–H and O–H groups in total. The van der Waals surface area contributed by atoms with Crippen molar-refractivity contribution in [3.63, 3.8) is 0 Å². The number of amides is 1. The van der Waals surface area contributed by atoms with E-state index in [1.807, 2.05) is 13.8 Å². The summed E-state index contributed by atoms with van der Waals surface area (Å²) in [5, 5.41) is 9.01. The summed E-state index contributed by atoms with van der Waals surface area (Å²) < 4.78 is 10.7. The van der Waals surface area contributed by atoms with Crippen LogP contribution in [-0.2, 0) is 9.53 Å². The summed E-state index contributed by atoms with van der Waals surface area (Å²) in [6, 6.07) is 1.31. The van der Waals surface area contributed by atoms with Gasteiger partial charge in [-0.25, -0.2) is 0 Å². The van der Waals surface area contributed by atoms with Gasteiger partial charge in [-0.2, -0.15) is 0 Å². The average Bonchev–Trinajstić information content (AvgIpc) is 3.03. The van der Waals surface area contributed by atoms with Crippen molar-refractivity contribution in [2.24, 2.45) is 0 Å². The molecule has 0 aliphatic carbocycles. The van der Waals surface area contributed by atoms with Crippen molar-refractivity contribution >= 4 is 11.9 Å². The van der Waals surface area contributed by atoms with E-state index in [4.69, 9.17) is 14.3 Å². The van der Waals surface area contributed by atoms with Crippen molar-refractivity contribution in [2.45, 2.75) is 44.8 Å². The fourth-order valence-corrected chi connectivity index (χ4v) is 2.79. The number of likely N-dealkylation sites (tertiary alicyclic amines) is 1. The van der Waals surface area contributed by atoms with Crippen molar-refractivity contribution in [3.8, 4) is 0 Å². The number of hydrogen-bond acceptors (Lipinski definition) is 4. The number of rotatable bonds is 5. The number of furan rings is 1. The Balaban J connectivity index is 2.22. The van der Waals surface area contributed by atoms with Crippen LogP contribution in [0.4, 0.5) is 0 Å². The molecule has 6 nitrogen and oxygen atoms in total. The minimum absolute atomic E-state index is 0.0690. The molecule has 2 atom stereocenters. The van der Waals surface area contributed by atoms with E-state index in [1.165, 1.54) is 6.26 Å². The first-order chi connectivity index (χ1) is 9.93. The highest BCUT2D eigenvalue weighted by atomic mass is 16.5. The molecule has 116 valence electrons. The number of aliphatic carboxylic acids is 1. The molecular formula is C15H21NO5. The molecule has 1 fully saturated rings. The maximum absolute atomic E-state index is 12.7. The largest absolute Gasteiger partial charge is 0.481 e. The number of carboxylic acids is 1. The Labute approximate surface area is 123 Å². The first-order valence-electron chi connectivity index (χ1n) is 7.07. The minimum atomic E-state index is -0.911. The van der Waals surface area contributed by atoms with Gasteiger partial charge in [0.15, 0.2) is 0 Å². The normalized spacial score (nSPS) is 22.0. The van der Waals surface area contributed by atoms with E-state index >= 15 is 0 Å². The lowest BCUT2D eigenvalue weighted by atomic mass is 10.1. The van der Waals surface area contributed by atoms with Crippen molar-refractivity contribution in [1.29, 1.82) is 0 Å². The van der Waals surface area contributed by atoms with Crippen LogP contribution in [0.15, 0.2) is 16.7 Å². The Morgan fingerprint density at radius 2 is 2.24 bits per heavy atom. The molecule has 2 heterocycles. The van der Waals surface area contributed by atoms with Crippen LogP contribution >= 0.6 is 0 Å². The fourth-order valence-electron chi connectivity index (χ4n) is 2.79. The molecule has 0 radical (unpaired) electrons. The highest BCUT2D eigenvalue weighted by molar-refractivity contribution is 5.96. The Morgan fingerprint density at radius 3 is 2.81 bits per heavy atom. The van der Waals surface area contributed by atoms with Gasteiger partial charge in [0.1, 0.15) is 5.76 Å². The summed E-state index contributed by atoms with van der Waals surface area (Å²) in [7, 11) is 1.58. The minimum Gasteiger partial charge on any atom is -0.481 e. The van der Waals surface area contributed by atoms with E-state index in [2.05, 4.69) is 0 Å². The second kappa shape index (κ2) is 6.30. The van der Waals surface area contributed by atoms with Crippen molar-refractivity contribution in [1.82, 2.24) is 4.90 Å². The third kappa shape index (κ3) is 3.26. The molecule has 1 saturated heterocycles. The number of carbonyl (C=O) groups excluding carboxylic acids is 1. The highest BCUT2D eigenvalue weighted by Crippen LogP contribution is 2.28. The van der Waals surface area contributed by atoms with Crippen LogP contribution in [0.5, 0.6) is 0 Å². The van der Waals surface area contributed by atoms with E-state index < -0.39 is 5.97 Å². The van der Waals surface area contributed by atoms with Gasteiger partial charge in [-0.15, -0.1) is 0 Å². The standard InChI is InChI=1S/C15H21NO5/c1-9(2)14-12(4-5-21-14)15(19)16-8-11(20-3)6-10(16)7-13(17)18/h4-5,9-11H,6-8H2,1-3H3,(H,17,18). The number of carboxylic acid groups (broad SMARTS) is 1. The second-order valence-corrected chi connectivity index (χ2v) is 5.66. The Morgan fingerprint density at radius 1 is 1.52 bits per heavy atom. The summed E-state index contributed by atoms with van der Waals surface area (Å²) in [5.41, 5.74) is 0.511. The smallest absolute Gasteiger partial charge is 0.305 e. The first-order valence-corrected chi connectivity index (χ1v) is 7.07. The number of ether oxygens (including phenoxy) is 1. The molecule has 1 aromatic heterocycles. The molecule has 1 aromatic rings. The molecule has 0 saturated carbocycles. The van der Waals surface area contributed by atoms with Gasteiger partial charge in [0.2, 0.25) is 0 Å². The summed E-state index contributed by atoms with van der Waals surface area (Å²) >= 11 is 0. The molecule has 0 aromatic carbocycles. The maximum Gasteiger partial charge on any atom is 0.305 e. The maximum atomic E-state index is 12.7. The summed E-state index contributed by atoms with van der Waals surface area (Å²) in [5.74, 6) is -0.364. The number of carbonyl (C=O) groups is 2. The van der Waals surface area contributed by atoms with Crippen LogP contribution in [0.1, 0.15) is 48.7 Å². The number of methoxy groups -OCH3 is 1. The number of nitrogens with zero attached hydrogens (tertiary/aromatic N) is 1. The van der Waals surface area contributed by atoms with Crippen LogP contribution in [0.2, 0.25) is 0 Å². The van der Waals surface area contributed by atoms with Crippen molar-refractivity contribution < 1.29 is 23.8 Å². The Kier molecular flexibility index (Phi) is 4.67. The lowest BCUT2D eigenvalue weighted by Crippen LogP contribution is -2.37. The molecule has 0 spiro atoms. The SMILES string of the molecule is COC1CC(CC(=O)O)N(C(=O)c2ccoc2C(C)C)C1. The zero-order valence-electron chi connectivity index (χ0n) is 12.5. The monoisotopic (exact) mass is 295 g/mol. The van der Waals surface area contributed by atoms with Crippen LogP contribution in [0.25, 0.3) is 0 Å². The third-order valence-electron chi connectivity index (χ3n) is 3.83. The molecule has 1 amide bonds. The number of hydrogen-bond donors (Lipinski definition) is 1. The van der Waals surface area contributed by atoms with E-state index in [9.17, 15) is 9.59 Å². The molecule has 2 unspecified atom stereocenters. The van der Waals surface area contributed by atoms with E-state index in [0.717, 1.165) is 0 Å². The van der Waals surface area contributed by atoms with Gasteiger partial charge in [-0.3, -0.25) is 9.59 Å². The Bertz CT molecular complexity index is 522. The van der Waals surface area contributed by atoms with Crippen LogP contribution < -0.4 is 0 Å². The van der Waals surface area contributed by atoms with Crippen LogP contribution in [0, 0.1) is 0 Å². The van der Waals surface area contributed by atoms with Crippen molar-refractivity contribution in [3.05, 3.63) is 23.7 Å². The third-order valence-corrected chi connectivity index (χ3v) is 3.83. The van der Waals surface area contributed by atoms with Gasteiger partial charge < -0.3 is 19.2 Å². The first kappa shape index (κ1) is 15.6. The lowest BCUT2D eigenvalue weighted by Gasteiger charge is -2.23. The van der Waals surface area contributed by atoms with Crippen LogP contribution in [-0.4, -0.2) is 47.7 Å². The van der Waals surface area contributed by atoms with E-state index in [0.29, 0.717) is 24.3 Å². The van der Waals surface area contributed by atoms with Gasteiger partial charge >= 0.3 is 5.97 Å². The highest BCUT2D eigenvalue weighted by Gasteiger charge is 2.38. The molecule has 0 bridgehead atoms. The summed E-state index contributed by atoms with van der Waals surface area (Å²) in [6.07, 6.45) is 1.86.